The zero-order valence-corrected chi connectivity index (χ0v) is 21.2. The first-order chi connectivity index (χ1) is 18.2. The van der Waals surface area contributed by atoms with E-state index >= 15 is 0 Å². The van der Waals surface area contributed by atoms with Crippen molar-refractivity contribution in [2.24, 2.45) is 0 Å². The average Bonchev–Trinajstić information content (AvgIpc) is 2.87. The Morgan fingerprint density at radius 1 is 0.711 bits per heavy atom. The molecule has 0 amide bonds. The zero-order valence-electron chi connectivity index (χ0n) is 21.2. The topological polar surface area (TPSA) is 180 Å². The molecule has 0 radical (unpaired) electrons. The molecule has 38 heavy (non-hydrogen) atoms. The van der Waals surface area contributed by atoms with Crippen molar-refractivity contribution in [2.45, 2.75) is 38.8 Å². The maximum Gasteiger partial charge on any atom is 0.317 e. The van der Waals surface area contributed by atoms with Gasteiger partial charge in [0.2, 0.25) is 0 Å². The highest BCUT2D eigenvalue weighted by molar-refractivity contribution is 5.69. The number of hydrogen-bond donors (Lipinski definition) is 6. The number of rotatable bonds is 19. The summed E-state index contributed by atoms with van der Waals surface area (Å²) in [6.45, 7) is 1.26. The third-order valence-electron chi connectivity index (χ3n) is 5.99. The quantitative estimate of drug-likeness (QED) is 0.0878. The van der Waals surface area contributed by atoms with Crippen LogP contribution in [0.4, 0.5) is 0 Å². The van der Waals surface area contributed by atoms with Crippen molar-refractivity contribution >= 4 is 11.9 Å². The SMILES string of the molecule is O=C(O)CCc1ccc(O)c(CN(CCN(CCOO)Cc2cc(CCCOO)ccc2O)CC(=O)O)c1. The Kier molecular flexibility index (Phi) is 13.5. The molecule has 0 saturated heterocycles. The minimum atomic E-state index is -1.05. The molecule has 12 heteroatoms. The minimum absolute atomic E-state index is 0.000364. The first-order valence-corrected chi connectivity index (χ1v) is 12.2. The minimum Gasteiger partial charge on any atom is -0.508 e. The Balaban J connectivity index is 2.13. The van der Waals surface area contributed by atoms with Gasteiger partial charge < -0.3 is 20.4 Å². The van der Waals surface area contributed by atoms with Crippen molar-refractivity contribution in [3.8, 4) is 11.5 Å². The summed E-state index contributed by atoms with van der Waals surface area (Å²) in [5, 5.41) is 56.5. The third kappa shape index (κ3) is 11.4. The number of benzene rings is 2. The Labute approximate surface area is 220 Å². The lowest BCUT2D eigenvalue weighted by Gasteiger charge is -2.27. The molecule has 2 rings (SSSR count). The summed E-state index contributed by atoms with van der Waals surface area (Å²) in [5.41, 5.74) is 2.78. The Hall–Kier alpha value is -3.26. The summed E-state index contributed by atoms with van der Waals surface area (Å²) in [6.07, 6.45) is 1.45. The number of nitrogens with zero attached hydrogens (tertiary/aromatic N) is 2. The number of aryl methyl sites for hydroxylation is 2. The monoisotopic (exact) mass is 536 g/mol. The molecule has 2 aromatic carbocycles. The van der Waals surface area contributed by atoms with Crippen LogP contribution in [-0.4, -0.2) is 92.1 Å². The molecule has 0 aromatic heterocycles. The van der Waals surface area contributed by atoms with Crippen LogP contribution in [0.25, 0.3) is 0 Å². The lowest BCUT2D eigenvalue weighted by molar-refractivity contribution is -0.244. The van der Waals surface area contributed by atoms with E-state index in [0.717, 1.165) is 11.1 Å². The van der Waals surface area contributed by atoms with Crippen molar-refractivity contribution in [3.05, 3.63) is 58.7 Å². The highest BCUT2D eigenvalue weighted by atomic mass is 17.1. The number of phenols is 2. The molecule has 0 heterocycles. The maximum atomic E-state index is 11.5. The standard InChI is InChI=1S/C26H36N2O10/c29-23-6-3-19(2-1-12-37-35)14-21(23)16-27(11-13-38-36)9-10-28(18-26(33)34)17-22-15-20(4-7-24(22)30)5-8-25(31)32/h3-4,6-7,14-15,29-30,35-36H,1-2,5,8-13,16-18H2,(H,31,32)(H,33,34). The number of phenolic OH excluding ortho intramolecular Hbond substituents is 2. The van der Waals surface area contributed by atoms with Gasteiger partial charge in [0.25, 0.3) is 0 Å². The molecule has 0 saturated carbocycles. The van der Waals surface area contributed by atoms with Gasteiger partial charge in [-0.1, -0.05) is 24.3 Å². The van der Waals surface area contributed by atoms with Crippen molar-refractivity contribution in [3.63, 3.8) is 0 Å². The third-order valence-corrected chi connectivity index (χ3v) is 5.99. The molecule has 6 N–H and O–H groups in total. The largest absolute Gasteiger partial charge is 0.508 e. The van der Waals surface area contributed by atoms with Crippen LogP contribution in [0.1, 0.15) is 35.1 Å². The fraction of sp³-hybridized carbons (Fsp3) is 0.462. The van der Waals surface area contributed by atoms with E-state index in [2.05, 4.69) is 9.78 Å². The predicted molar refractivity (Wildman–Crippen MR) is 136 cm³/mol. The summed E-state index contributed by atoms with van der Waals surface area (Å²) in [4.78, 5) is 34.3. The molecule has 210 valence electrons. The van der Waals surface area contributed by atoms with E-state index in [1.807, 2.05) is 11.0 Å². The molecule has 2 aromatic rings. The summed E-state index contributed by atoms with van der Waals surface area (Å²) >= 11 is 0. The van der Waals surface area contributed by atoms with E-state index in [9.17, 15) is 24.9 Å². The Morgan fingerprint density at radius 2 is 1.26 bits per heavy atom. The molecule has 12 nitrogen and oxygen atoms in total. The van der Waals surface area contributed by atoms with Crippen LogP contribution < -0.4 is 0 Å². The van der Waals surface area contributed by atoms with E-state index in [-0.39, 0.29) is 57.2 Å². The van der Waals surface area contributed by atoms with Crippen LogP contribution in [-0.2, 0) is 45.3 Å². The molecule has 0 unspecified atom stereocenters. The maximum absolute atomic E-state index is 11.5. The fourth-order valence-corrected chi connectivity index (χ4v) is 4.04. The number of aliphatic carboxylic acids is 2. The number of carbonyl (C=O) groups is 2. The van der Waals surface area contributed by atoms with E-state index in [4.69, 9.17) is 15.6 Å². The normalized spacial score (nSPS) is 11.4. The fourth-order valence-electron chi connectivity index (χ4n) is 4.04. The van der Waals surface area contributed by atoms with E-state index < -0.39 is 11.9 Å². The van der Waals surface area contributed by atoms with Crippen LogP contribution in [0.5, 0.6) is 11.5 Å². The van der Waals surface area contributed by atoms with Crippen molar-refractivity contribution in [1.29, 1.82) is 0 Å². The summed E-state index contributed by atoms with van der Waals surface area (Å²) in [7, 11) is 0. The lowest BCUT2D eigenvalue weighted by atomic mass is 10.0. The van der Waals surface area contributed by atoms with Gasteiger partial charge in [-0.05, 0) is 42.5 Å². The number of aromatic hydroxyl groups is 2. The van der Waals surface area contributed by atoms with E-state index in [1.165, 1.54) is 6.07 Å². The van der Waals surface area contributed by atoms with Gasteiger partial charge in [-0.2, -0.15) is 0 Å². The first-order valence-electron chi connectivity index (χ1n) is 12.2. The molecule has 0 atom stereocenters. The first kappa shape index (κ1) is 31.0. The Bertz CT molecular complexity index is 1030. The summed E-state index contributed by atoms with van der Waals surface area (Å²) in [5.74, 6) is -1.91. The Morgan fingerprint density at radius 3 is 1.82 bits per heavy atom. The van der Waals surface area contributed by atoms with Gasteiger partial charge in [0.05, 0.1) is 19.8 Å². The van der Waals surface area contributed by atoms with Crippen molar-refractivity contribution in [1.82, 2.24) is 9.80 Å². The van der Waals surface area contributed by atoms with Gasteiger partial charge in [-0.15, -0.1) is 0 Å². The molecule has 0 spiro atoms. The molecule has 0 aliphatic rings. The molecule has 0 aliphatic carbocycles. The highest BCUT2D eigenvalue weighted by Gasteiger charge is 2.17. The summed E-state index contributed by atoms with van der Waals surface area (Å²) < 4.78 is 0. The molecule has 0 aliphatic heterocycles. The second kappa shape index (κ2) is 16.6. The molecular weight excluding hydrogens is 500 g/mol. The average molecular weight is 537 g/mol. The molecule has 0 bridgehead atoms. The van der Waals surface area contributed by atoms with Crippen LogP contribution in [0.3, 0.4) is 0 Å². The number of carboxylic acid groups (broad SMARTS) is 2. The van der Waals surface area contributed by atoms with Gasteiger partial charge >= 0.3 is 11.9 Å². The van der Waals surface area contributed by atoms with Gasteiger partial charge in [0.15, 0.2) is 0 Å². The van der Waals surface area contributed by atoms with Gasteiger partial charge in [0.1, 0.15) is 11.5 Å². The van der Waals surface area contributed by atoms with Gasteiger partial charge in [0, 0.05) is 50.3 Å². The smallest absolute Gasteiger partial charge is 0.317 e. The second-order valence-electron chi connectivity index (χ2n) is 8.97. The van der Waals surface area contributed by atoms with Crippen LogP contribution in [0.15, 0.2) is 36.4 Å². The molecular formula is C26H36N2O10. The zero-order chi connectivity index (χ0) is 27.9. The summed E-state index contributed by atoms with van der Waals surface area (Å²) in [6, 6.07) is 9.99. The van der Waals surface area contributed by atoms with Crippen LogP contribution in [0.2, 0.25) is 0 Å². The predicted octanol–water partition coefficient (Wildman–Crippen LogP) is 2.42. The lowest BCUT2D eigenvalue weighted by Crippen LogP contribution is -2.38. The molecule has 0 fully saturated rings. The van der Waals surface area contributed by atoms with Crippen LogP contribution >= 0.6 is 0 Å². The van der Waals surface area contributed by atoms with Gasteiger partial charge in [-0.25, -0.2) is 9.78 Å². The van der Waals surface area contributed by atoms with E-state index in [0.29, 0.717) is 43.6 Å². The van der Waals surface area contributed by atoms with Gasteiger partial charge in [-0.3, -0.25) is 29.9 Å². The second-order valence-corrected chi connectivity index (χ2v) is 8.97. The number of hydrogen-bond acceptors (Lipinski definition) is 10. The number of carboxylic acids is 2. The van der Waals surface area contributed by atoms with Crippen LogP contribution in [0, 0.1) is 0 Å². The highest BCUT2D eigenvalue weighted by Crippen LogP contribution is 2.23. The van der Waals surface area contributed by atoms with E-state index in [1.54, 1.807) is 29.2 Å². The van der Waals surface area contributed by atoms with Crippen molar-refractivity contribution < 1.29 is 50.3 Å². The van der Waals surface area contributed by atoms with Crippen molar-refractivity contribution in [2.75, 3.05) is 39.4 Å².